The number of allylic oxidation sites excluding steroid dienone is 1. The first-order valence-electron chi connectivity index (χ1n) is 13.8. The second kappa shape index (κ2) is 14.7. The molecule has 0 fully saturated rings. The summed E-state index contributed by atoms with van der Waals surface area (Å²) in [4.78, 5) is 44.3. The average Bonchev–Trinajstić information content (AvgIpc) is 3.27. The van der Waals surface area contributed by atoms with Gasteiger partial charge in [-0.1, -0.05) is 33.3 Å². The van der Waals surface area contributed by atoms with Crippen molar-refractivity contribution in [2.24, 2.45) is 4.99 Å². The van der Waals surface area contributed by atoms with Crippen molar-refractivity contribution in [3.05, 3.63) is 80.5 Å². The Morgan fingerprint density at radius 1 is 1.14 bits per heavy atom. The van der Waals surface area contributed by atoms with Gasteiger partial charge in [0.25, 0.3) is 5.56 Å². The first-order chi connectivity index (χ1) is 21.0. The van der Waals surface area contributed by atoms with Gasteiger partial charge in [-0.25, -0.2) is 14.6 Å². The third-order valence-corrected chi connectivity index (χ3v) is 8.59. The highest BCUT2D eigenvalue weighted by atomic mass is 127. The molecule has 1 atom stereocenters. The zero-order valence-corrected chi connectivity index (χ0v) is 29.6. The minimum absolute atomic E-state index is 0.0769. The van der Waals surface area contributed by atoms with Gasteiger partial charge in [-0.05, 0) is 93.1 Å². The summed E-state index contributed by atoms with van der Waals surface area (Å²) in [6, 6.07) is 8.03. The molecule has 4 rings (SSSR count). The Bertz CT molecular complexity index is 1800. The van der Waals surface area contributed by atoms with Crippen LogP contribution in [-0.2, 0) is 19.1 Å². The number of hydrogen-bond donors (Lipinski definition) is 0. The molecule has 1 aliphatic heterocycles. The molecule has 13 heteroatoms. The average molecular weight is 799 g/mol. The molecule has 2 aromatic carbocycles. The van der Waals surface area contributed by atoms with Gasteiger partial charge in [0, 0.05) is 10.0 Å². The van der Waals surface area contributed by atoms with Crippen molar-refractivity contribution in [1.82, 2.24) is 4.57 Å². The van der Waals surface area contributed by atoms with Crippen molar-refractivity contribution in [2.75, 3.05) is 26.9 Å². The number of rotatable bonds is 11. The minimum atomic E-state index is -0.865. The van der Waals surface area contributed by atoms with Crippen molar-refractivity contribution < 1.29 is 33.3 Å². The molecule has 2 heterocycles. The molecule has 10 nitrogen and oxygen atoms in total. The number of aromatic nitrogens is 1. The van der Waals surface area contributed by atoms with Crippen LogP contribution in [0.15, 0.2) is 55.9 Å². The number of ether oxygens (including phenoxy) is 5. The summed E-state index contributed by atoms with van der Waals surface area (Å²) < 4.78 is 31.3. The van der Waals surface area contributed by atoms with Crippen LogP contribution < -0.4 is 29.1 Å². The highest BCUT2D eigenvalue weighted by Gasteiger charge is 2.34. The summed E-state index contributed by atoms with van der Waals surface area (Å²) in [6.45, 7) is 9.29. The Hall–Kier alpha value is -3.17. The van der Waals surface area contributed by atoms with Crippen LogP contribution in [0.2, 0.25) is 0 Å². The first-order valence-corrected chi connectivity index (χ1v) is 16.5. The first kappa shape index (κ1) is 33.7. The van der Waals surface area contributed by atoms with E-state index in [2.05, 4.69) is 48.3 Å². The molecule has 0 saturated heterocycles. The van der Waals surface area contributed by atoms with Gasteiger partial charge < -0.3 is 23.7 Å². The predicted molar refractivity (Wildman–Crippen MR) is 178 cm³/mol. The molecule has 44 heavy (non-hydrogen) atoms. The van der Waals surface area contributed by atoms with Crippen LogP contribution in [0.3, 0.4) is 0 Å². The molecule has 0 saturated carbocycles. The molecule has 0 spiro atoms. The molecule has 0 aliphatic carbocycles. The Labute approximate surface area is 280 Å². The lowest BCUT2D eigenvalue weighted by Gasteiger charge is -2.25. The van der Waals surface area contributed by atoms with Crippen molar-refractivity contribution in [3.63, 3.8) is 0 Å². The van der Waals surface area contributed by atoms with Gasteiger partial charge >= 0.3 is 11.9 Å². The summed E-state index contributed by atoms with van der Waals surface area (Å²) in [5.74, 6) is 0.195. The topological polar surface area (TPSA) is 115 Å². The van der Waals surface area contributed by atoms with E-state index >= 15 is 0 Å². The Morgan fingerprint density at radius 3 is 2.55 bits per heavy atom. The highest BCUT2D eigenvalue weighted by Crippen LogP contribution is 2.37. The summed E-state index contributed by atoms with van der Waals surface area (Å²) in [7, 11) is 1.27. The largest absolute Gasteiger partial charge is 0.490 e. The molecule has 0 N–H and O–H groups in total. The Morgan fingerprint density at radius 2 is 1.89 bits per heavy atom. The summed E-state index contributed by atoms with van der Waals surface area (Å²) in [6.07, 6.45) is 1.71. The van der Waals surface area contributed by atoms with E-state index in [4.69, 9.17) is 18.9 Å². The van der Waals surface area contributed by atoms with E-state index in [1.165, 1.54) is 23.0 Å². The van der Waals surface area contributed by atoms with E-state index in [-0.39, 0.29) is 30.5 Å². The van der Waals surface area contributed by atoms with E-state index in [0.29, 0.717) is 44.4 Å². The molecule has 0 radical (unpaired) electrons. The summed E-state index contributed by atoms with van der Waals surface area (Å²) in [5, 5.41) is 0. The quantitative estimate of drug-likeness (QED) is 0.199. The normalized spacial score (nSPS) is 14.7. The number of thiazole rings is 1. The van der Waals surface area contributed by atoms with Crippen LogP contribution in [0.1, 0.15) is 51.8 Å². The second-order valence-corrected chi connectivity index (χ2v) is 12.9. The number of esters is 2. The number of hydrogen-bond acceptors (Lipinski definition) is 10. The smallest absolute Gasteiger partial charge is 0.343 e. The van der Waals surface area contributed by atoms with Crippen LogP contribution in [-0.4, -0.2) is 49.5 Å². The Kier molecular flexibility index (Phi) is 11.3. The van der Waals surface area contributed by atoms with Crippen LogP contribution in [0.25, 0.3) is 6.08 Å². The molecule has 0 amide bonds. The number of carbonyl (C=O) groups excluding carboxylic acids is 2. The van der Waals surface area contributed by atoms with Crippen molar-refractivity contribution in [2.45, 2.75) is 46.8 Å². The third kappa shape index (κ3) is 7.37. The predicted octanol–water partition coefficient (Wildman–Crippen LogP) is 4.90. The van der Waals surface area contributed by atoms with E-state index in [0.717, 1.165) is 13.6 Å². The van der Waals surface area contributed by atoms with E-state index in [1.54, 1.807) is 38.1 Å². The number of carbonyl (C=O) groups is 2. The zero-order valence-electron chi connectivity index (χ0n) is 25.1. The van der Waals surface area contributed by atoms with E-state index in [9.17, 15) is 14.4 Å². The fourth-order valence-corrected chi connectivity index (χ4v) is 7.29. The maximum atomic E-state index is 14.2. The second-order valence-electron chi connectivity index (χ2n) is 9.78. The van der Waals surface area contributed by atoms with Gasteiger partial charge in [0.05, 0.1) is 51.8 Å². The van der Waals surface area contributed by atoms with Gasteiger partial charge in [0.15, 0.2) is 22.9 Å². The zero-order chi connectivity index (χ0) is 32.1. The fourth-order valence-electron chi connectivity index (χ4n) is 4.57. The molecular formula is C31H32BrIN2O8S. The summed E-state index contributed by atoms with van der Waals surface area (Å²) in [5.41, 5.74) is 1.64. The maximum Gasteiger partial charge on any atom is 0.343 e. The van der Waals surface area contributed by atoms with Gasteiger partial charge in [0.1, 0.15) is 5.75 Å². The van der Waals surface area contributed by atoms with Gasteiger partial charge in [-0.3, -0.25) is 9.36 Å². The number of nitrogens with zero attached hydrogens (tertiary/aromatic N) is 2. The maximum absolute atomic E-state index is 14.2. The van der Waals surface area contributed by atoms with Gasteiger partial charge in [0.2, 0.25) is 0 Å². The van der Waals surface area contributed by atoms with Gasteiger partial charge in [-0.2, -0.15) is 0 Å². The molecule has 1 aromatic heterocycles. The lowest BCUT2D eigenvalue weighted by molar-refractivity contribution is -0.143. The van der Waals surface area contributed by atoms with Crippen LogP contribution in [0.4, 0.5) is 0 Å². The van der Waals surface area contributed by atoms with Crippen molar-refractivity contribution in [1.29, 1.82) is 0 Å². The number of methoxy groups -OCH3 is 1. The fraction of sp³-hybridized carbons (Fsp3) is 0.355. The molecule has 0 unspecified atom stereocenters. The number of fused-ring (bicyclic) bond motifs is 1. The standard InChI is InChI=1S/C31H32BrIN2O8S/c1-7-40-23-12-18(9-10-22(23)42-15-25(36)39-6)27-26(30(38)41-8-2)17(5)34-31-35(27)29(37)24(44-31)13-19-11-20(32)14-21(33)28(19)43-16(3)4/h9-14,16,27H,7-8,15H2,1-6H3/b24-13+/t27-/m1/s1. The van der Waals surface area contributed by atoms with Gasteiger partial charge in [-0.15, -0.1) is 0 Å². The van der Waals surface area contributed by atoms with Crippen LogP contribution >= 0.6 is 49.9 Å². The summed E-state index contributed by atoms with van der Waals surface area (Å²) >= 11 is 6.98. The lowest BCUT2D eigenvalue weighted by atomic mass is 9.95. The number of benzene rings is 2. The SMILES string of the molecule is CCOC(=O)C1=C(C)N=c2s/c(=C/c3cc(Br)cc(I)c3OC(C)C)c(=O)n2[C@@H]1c1ccc(OCC(=O)OC)c(OCC)c1. The van der Waals surface area contributed by atoms with E-state index < -0.39 is 18.0 Å². The monoisotopic (exact) mass is 798 g/mol. The highest BCUT2D eigenvalue weighted by molar-refractivity contribution is 14.1. The minimum Gasteiger partial charge on any atom is -0.490 e. The molecule has 234 valence electrons. The third-order valence-electron chi connectivity index (χ3n) is 6.35. The van der Waals surface area contributed by atoms with Crippen LogP contribution in [0, 0.1) is 3.57 Å². The number of halogens is 2. The van der Waals surface area contributed by atoms with Crippen molar-refractivity contribution >= 4 is 67.9 Å². The Balaban J connectivity index is 1.94. The molecule has 3 aromatic rings. The van der Waals surface area contributed by atoms with Crippen LogP contribution in [0.5, 0.6) is 17.2 Å². The van der Waals surface area contributed by atoms with Crippen molar-refractivity contribution in [3.8, 4) is 17.2 Å². The molecule has 0 bridgehead atoms. The van der Waals surface area contributed by atoms with E-state index in [1.807, 2.05) is 32.9 Å². The molecular weight excluding hydrogens is 767 g/mol. The molecule has 1 aliphatic rings. The lowest BCUT2D eigenvalue weighted by Crippen LogP contribution is -2.40.